The summed E-state index contributed by atoms with van der Waals surface area (Å²) in [5, 5.41) is 0. The molecule has 0 saturated carbocycles. The Morgan fingerprint density at radius 1 is 0.643 bits per heavy atom. The molecule has 0 N–H and O–H groups in total. The summed E-state index contributed by atoms with van der Waals surface area (Å²) in [6, 6.07) is 18.2. The first-order valence-corrected chi connectivity index (χ1v) is 8.29. The van der Waals surface area contributed by atoms with Crippen LogP contribution in [-0.2, 0) is 0 Å². The fourth-order valence-corrected chi connectivity index (χ4v) is 3.21. The average molecular weight is 383 g/mol. The number of hydrogen-bond acceptors (Lipinski definition) is 3. The average Bonchev–Trinajstić information content (AvgIpc) is 2.92. The predicted octanol–water partition coefficient (Wildman–Crippen LogP) is 5.05. The molecule has 4 rings (SSSR count). The normalized spacial score (nSPS) is 13.6. The van der Waals surface area contributed by atoms with Gasteiger partial charge in [0.15, 0.2) is 0 Å². The van der Waals surface area contributed by atoms with Crippen LogP contribution in [0.2, 0.25) is 0 Å². The van der Waals surface area contributed by atoms with Crippen LogP contribution in [0, 0.1) is 0 Å². The number of para-hydroxylation sites is 2. The Hall–Kier alpha value is -3.61. The number of ether oxygens (including phenoxy) is 1. The van der Waals surface area contributed by atoms with Crippen molar-refractivity contribution in [3.05, 3.63) is 83.9 Å². The van der Waals surface area contributed by atoms with Gasteiger partial charge in [0.1, 0.15) is 5.75 Å². The molecule has 0 aliphatic carbocycles. The first-order valence-electron chi connectivity index (χ1n) is 8.29. The van der Waals surface area contributed by atoms with Crippen LogP contribution < -0.4 is 9.64 Å². The molecule has 140 valence electrons. The molecule has 3 aromatic carbocycles. The van der Waals surface area contributed by atoms with Crippen LogP contribution in [0.25, 0.3) is 11.1 Å². The number of halogens is 3. The van der Waals surface area contributed by atoms with Crippen molar-refractivity contribution in [2.75, 3.05) is 4.90 Å². The van der Waals surface area contributed by atoms with E-state index in [1.165, 1.54) is 30.3 Å². The number of carbonyl (C=O) groups excluding carboxylic acids is 2. The Morgan fingerprint density at radius 3 is 1.68 bits per heavy atom. The molecule has 3 aromatic rings. The van der Waals surface area contributed by atoms with Crippen molar-refractivity contribution in [2.45, 2.75) is 6.36 Å². The topological polar surface area (TPSA) is 46.6 Å². The Balaban J connectivity index is 1.85. The number of rotatable bonds is 3. The van der Waals surface area contributed by atoms with Crippen LogP contribution >= 0.6 is 0 Å². The minimum absolute atomic E-state index is 0.118. The lowest BCUT2D eigenvalue weighted by atomic mass is 10.0. The summed E-state index contributed by atoms with van der Waals surface area (Å²) in [6.45, 7) is 0. The zero-order valence-corrected chi connectivity index (χ0v) is 14.2. The number of benzene rings is 3. The number of fused-ring (bicyclic) bond motifs is 1. The predicted molar refractivity (Wildman–Crippen MR) is 96.1 cm³/mol. The third-order valence-corrected chi connectivity index (χ3v) is 4.34. The zero-order chi connectivity index (χ0) is 19.9. The van der Waals surface area contributed by atoms with Crippen molar-refractivity contribution in [3.63, 3.8) is 0 Å². The van der Waals surface area contributed by atoms with E-state index < -0.39 is 23.9 Å². The first-order chi connectivity index (χ1) is 13.4. The maximum atomic E-state index is 12.8. The summed E-state index contributed by atoms with van der Waals surface area (Å²) in [6.07, 6.45) is -4.87. The molecule has 0 spiro atoms. The largest absolute Gasteiger partial charge is 0.573 e. The lowest BCUT2D eigenvalue weighted by Crippen LogP contribution is -2.29. The van der Waals surface area contributed by atoms with E-state index in [1.54, 1.807) is 42.5 Å². The summed E-state index contributed by atoms with van der Waals surface area (Å²) in [5.41, 5.74) is 1.08. The standard InChI is InChI=1S/C21H12F3NO3/c22-21(23,24)28-18-12-6-4-8-14(18)13-7-3-5-11-17(13)25-19(26)15-9-1-2-10-16(15)20(25)27/h1-12H. The summed E-state index contributed by atoms with van der Waals surface area (Å²) < 4.78 is 42.5. The van der Waals surface area contributed by atoms with E-state index in [2.05, 4.69) is 4.74 Å². The molecule has 0 saturated heterocycles. The lowest BCUT2D eigenvalue weighted by molar-refractivity contribution is -0.274. The van der Waals surface area contributed by atoms with E-state index in [9.17, 15) is 22.8 Å². The molecule has 1 aliphatic rings. The van der Waals surface area contributed by atoms with E-state index in [0.29, 0.717) is 0 Å². The van der Waals surface area contributed by atoms with Gasteiger partial charge in [0.25, 0.3) is 11.8 Å². The molecule has 0 bridgehead atoms. The number of alkyl halides is 3. The Morgan fingerprint density at radius 2 is 1.11 bits per heavy atom. The second-order valence-corrected chi connectivity index (χ2v) is 6.05. The summed E-state index contributed by atoms with van der Waals surface area (Å²) in [7, 11) is 0. The Kier molecular flexibility index (Phi) is 4.15. The van der Waals surface area contributed by atoms with Crippen LogP contribution in [0.5, 0.6) is 5.75 Å². The van der Waals surface area contributed by atoms with E-state index >= 15 is 0 Å². The number of amides is 2. The molecule has 0 unspecified atom stereocenters. The minimum Gasteiger partial charge on any atom is -0.405 e. The quantitative estimate of drug-likeness (QED) is 0.595. The molecule has 0 fully saturated rings. The number of carbonyl (C=O) groups is 2. The van der Waals surface area contributed by atoms with Gasteiger partial charge in [-0.15, -0.1) is 13.2 Å². The summed E-state index contributed by atoms with van der Waals surface area (Å²) >= 11 is 0. The zero-order valence-electron chi connectivity index (χ0n) is 14.2. The molecule has 0 atom stereocenters. The van der Waals surface area contributed by atoms with Crippen molar-refractivity contribution in [1.82, 2.24) is 0 Å². The highest BCUT2D eigenvalue weighted by Crippen LogP contribution is 2.40. The number of anilines is 1. The fraction of sp³-hybridized carbons (Fsp3) is 0.0476. The lowest BCUT2D eigenvalue weighted by Gasteiger charge is -2.20. The minimum atomic E-state index is -4.87. The molecule has 7 heteroatoms. The molecule has 2 amide bonds. The molecule has 4 nitrogen and oxygen atoms in total. The molecule has 0 radical (unpaired) electrons. The monoisotopic (exact) mass is 383 g/mol. The third kappa shape index (κ3) is 3.00. The van der Waals surface area contributed by atoms with Crippen molar-refractivity contribution in [2.24, 2.45) is 0 Å². The van der Waals surface area contributed by atoms with Crippen LogP contribution in [0.4, 0.5) is 18.9 Å². The van der Waals surface area contributed by atoms with Crippen molar-refractivity contribution >= 4 is 17.5 Å². The van der Waals surface area contributed by atoms with Crippen molar-refractivity contribution < 1.29 is 27.5 Å². The van der Waals surface area contributed by atoms with Gasteiger partial charge in [0, 0.05) is 11.1 Å². The van der Waals surface area contributed by atoms with E-state index in [-0.39, 0.29) is 27.9 Å². The van der Waals surface area contributed by atoms with Gasteiger partial charge in [-0.25, -0.2) is 4.90 Å². The maximum absolute atomic E-state index is 12.8. The Bertz CT molecular complexity index is 1060. The van der Waals surface area contributed by atoms with Crippen molar-refractivity contribution in [3.8, 4) is 16.9 Å². The molecule has 1 aliphatic heterocycles. The number of hydrogen-bond donors (Lipinski definition) is 0. The molecule has 28 heavy (non-hydrogen) atoms. The van der Waals surface area contributed by atoms with Crippen LogP contribution in [0.3, 0.4) is 0 Å². The molecule has 0 aromatic heterocycles. The number of imide groups is 1. The summed E-state index contributed by atoms with van der Waals surface area (Å²) in [4.78, 5) is 26.6. The van der Waals surface area contributed by atoms with E-state index in [4.69, 9.17) is 0 Å². The van der Waals surface area contributed by atoms with Crippen LogP contribution in [-0.4, -0.2) is 18.2 Å². The molecular weight excluding hydrogens is 371 g/mol. The summed E-state index contributed by atoms with van der Waals surface area (Å²) in [5.74, 6) is -1.47. The van der Waals surface area contributed by atoms with Gasteiger partial charge in [-0.05, 0) is 24.3 Å². The highest BCUT2D eigenvalue weighted by Gasteiger charge is 2.38. The highest BCUT2D eigenvalue weighted by atomic mass is 19.4. The molecular formula is C21H12F3NO3. The van der Waals surface area contributed by atoms with Gasteiger partial charge < -0.3 is 4.74 Å². The first kappa shape index (κ1) is 17.8. The van der Waals surface area contributed by atoms with E-state index in [0.717, 1.165) is 4.90 Å². The SMILES string of the molecule is O=C1c2ccccc2C(=O)N1c1ccccc1-c1ccccc1OC(F)(F)F. The highest BCUT2D eigenvalue weighted by molar-refractivity contribution is 6.35. The van der Waals surface area contributed by atoms with Crippen LogP contribution in [0.15, 0.2) is 72.8 Å². The fourth-order valence-electron chi connectivity index (χ4n) is 3.21. The third-order valence-electron chi connectivity index (χ3n) is 4.34. The van der Waals surface area contributed by atoms with E-state index in [1.807, 2.05) is 0 Å². The Labute approximate surface area is 157 Å². The van der Waals surface area contributed by atoms with Gasteiger partial charge >= 0.3 is 6.36 Å². The van der Waals surface area contributed by atoms with Gasteiger partial charge in [0.2, 0.25) is 0 Å². The second kappa shape index (κ2) is 6.53. The number of nitrogens with zero attached hydrogens (tertiary/aromatic N) is 1. The smallest absolute Gasteiger partial charge is 0.405 e. The van der Waals surface area contributed by atoms with Gasteiger partial charge in [0.05, 0.1) is 16.8 Å². The second-order valence-electron chi connectivity index (χ2n) is 6.05. The molecule has 1 heterocycles. The van der Waals surface area contributed by atoms with Gasteiger partial charge in [-0.3, -0.25) is 9.59 Å². The van der Waals surface area contributed by atoms with Crippen molar-refractivity contribution in [1.29, 1.82) is 0 Å². The maximum Gasteiger partial charge on any atom is 0.573 e. The van der Waals surface area contributed by atoms with Gasteiger partial charge in [-0.1, -0.05) is 48.5 Å². The van der Waals surface area contributed by atoms with Gasteiger partial charge in [-0.2, -0.15) is 0 Å². The van der Waals surface area contributed by atoms with Crippen LogP contribution in [0.1, 0.15) is 20.7 Å².